The van der Waals surface area contributed by atoms with Crippen LogP contribution in [-0.2, 0) is 0 Å². The minimum atomic E-state index is 0.243. The number of aliphatic hydroxyl groups is 1. The Bertz CT molecular complexity index is 317. The first kappa shape index (κ1) is 12.7. The molecule has 0 spiro atoms. The van der Waals surface area contributed by atoms with Crippen LogP contribution in [0.25, 0.3) is 0 Å². The van der Waals surface area contributed by atoms with Crippen molar-refractivity contribution in [1.82, 2.24) is 9.97 Å². The molecule has 5 heteroatoms. The lowest BCUT2D eigenvalue weighted by molar-refractivity contribution is 0.286. The monoisotopic (exact) mass is 224 g/mol. The molecule has 0 aliphatic rings. The van der Waals surface area contributed by atoms with E-state index in [0.717, 1.165) is 43.1 Å². The van der Waals surface area contributed by atoms with Gasteiger partial charge in [-0.05, 0) is 26.7 Å². The Hall–Kier alpha value is -1.36. The lowest BCUT2D eigenvalue weighted by atomic mass is 10.3. The lowest BCUT2D eigenvalue weighted by Crippen LogP contribution is -2.09. The highest BCUT2D eigenvalue weighted by Crippen LogP contribution is 2.17. The van der Waals surface area contributed by atoms with Gasteiger partial charge in [0.15, 0.2) is 0 Å². The van der Waals surface area contributed by atoms with Crippen LogP contribution in [0.3, 0.4) is 0 Å². The van der Waals surface area contributed by atoms with Gasteiger partial charge in [-0.15, -0.1) is 0 Å². The molecule has 1 aromatic rings. The smallest absolute Gasteiger partial charge is 0.134 e. The number of nitrogens with one attached hydrogen (secondary N) is 2. The van der Waals surface area contributed by atoms with E-state index >= 15 is 0 Å². The van der Waals surface area contributed by atoms with Crippen molar-refractivity contribution in [2.75, 3.05) is 30.3 Å². The molecular weight excluding hydrogens is 204 g/mol. The van der Waals surface area contributed by atoms with Gasteiger partial charge in [-0.1, -0.05) is 0 Å². The Morgan fingerprint density at radius 1 is 1.19 bits per heavy atom. The van der Waals surface area contributed by atoms with Gasteiger partial charge in [0.25, 0.3) is 0 Å². The Morgan fingerprint density at radius 2 is 1.88 bits per heavy atom. The van der Waals surface area contributed by atoms with E-state index in [1.807, 2.05) is 13.8 Å². The molecule has 0 fully saturated rings. The van der Waals surface area contributed by atoms with Crippen LogP contribution in [-0.4, -0.2) is 34.8 Å². The first-order chi connectivity index (χ1) is 7.79. The van der Waals surface area contributed by atoms with Gasteiger partial charge in [0.05, 0.1) is 0 Å². The Morgan fingerprint density at radius 3 is 2.50 bits per heavy atom. The zero-order chi connectivity index (χ0) is 11.8. The summed E-state index contributed by atoms with van der Waals surface area (Å²) in [5, 5.41) is 15.1. The molecule has 0 saturated carbocycles. The molecule has 5 nitrogen and oxygen atoms in total. The molecule has 0 amide bonds. The van der Waals surface area contributed by atoms with Gasteiger partial charge < -0.3 is 15.7 Å². The number of nitrogens with zero attached hydrogens (tertiary/aromatic N) is 2. The third-order valence-corrected chi connectivity index (χ3v) is 2.31. The molecule has 0 saturated heterocycles. The highest BCUT2D eigenvalue weighted by Gasteiger charge is 2.04. The zero-order valence-corrected chi connectivity index (χ0v) is 9.95. The first-order valence-electron chi connectivity index (χ1n) is 5.69. The fraction of sp³-hybridized carbons (Fsp3) is 0.636. The fourth-order valence-electron chi connectivity index (χ4n) is 1.42. The number of rotatable bonds is 7. The van der Waals surface area contributed by atoms with Crippen molar-refractivity contribution in [3.63, 3.8) is 0 Å². The summed E-state index contributed by atoms with van der Waals surface area (Å²) in [7, 11) is 0. The van der Waals surface area contributed by atoms with Crippen molar-refractivity contribution < 1.29 is 5.11 Å². The molecule has 1 heterocycles. The normalized spacial score (nSPS) is 10.2. The van der Waals surface area contributed by atoms with E-state index in [2.05, 4.69) is 20.6 Å². The van der Waals surface area contributed by atoms with Gasteiger partial charge in [0, 0.05) is 25.3 Å². The predicted molar refractivity (Wildman–Crippen MR) is 65.7 cm³/mol. The second kappa shape index (κ2) is 7.00. The van der Waals surface area contributed by atoms with Crippen LogP contribution in [0.2, 0.25) is 0 Å². The summed E-state index contributed by atoms with van der Waals surface area (Å²) >= 11 is 0. The molecular formula is C11H20N4O. The fourth-order valence-corrected chi connectivity index (χ4v) is 1.42. The summed E-state index contributed by atoms with van der Waals surface area (Å²) in [5.41, 5.74) is 1.04. The first-order valence-corrected chi connectivity index (χ1v) is 5.69. The molecule has 0 aliphatic heterocycles. The van der Waals surface area contributed by atoms with Crippen LogP contribution in [0.1, 0.15) is 25.3 Å². The maximum atomic E-state index is 8.67. The van der Waals surface area contributed by atoms with E-state index in [1.54, 1.807) is 6.33 Å². The summed E-state index contributed by atoms with van der Waals surface area (Å²) in [6.45, 7) is 5.95. The van der Waals surface area contributed by atoms with Crippen LogP contribution in [0.15, 0.2) is 6.33 Å². The molecule has 0 radical (unpaired) electrons. The molecule has 3 N–H and O–H groups in total. The van der Waals surface area contributed by atoms with Crippen molar-refractivity contribution in [3.8, 4) is 0 Å². The molecule has 0 bridgehead atoms. The second-order valence-electron chi connectivity index (χ2n) is 3.58. The number of anilines is 2. The molecule has 90 valence electrons. The molecule has 0 unspecified atom stereocenters. The third-order valence-electron chi connectivity index (χ3n) is 2.31. The molecule has 0 atom stereocenters. The Labute approximate surface area is 96.3 Å². The maximum absolute atomic E-state index is 8.67. The van der Waals surface area contributed by atoms with Gasteiger partial charge in [0.2, 0.25) is 0 Å². The van der Waals surface area contributed by atoms with Crippen LogP contribution in [0.4, 0.5) is 11.6 Å². The van der Waals surface area contributed by atoms with Crippen LogP contribution in [0.5, 0.6) is 0 Å². The van der Waals surface area contributed by atoms with Gasteiger partial charge in [-0.25, -0.2) is 9.97 Å². The Balaban J connectivity index is 2.55. The van der Waals surface area contributed by atoms with Gasteiger partial charge in [0.1, 0.15) is 18.0 Å². The van der Waals surface area contributed by atoms with Gasteiger partial charge in [-0.3, -0.25) is 0 Å². The van der Waals surface area contributed by atoms with Crippen molar-refractivity contribution >= 4 is 11.6 Å². The number of unbranched alkanes of at least 4 members (excludes halogenated alkanes) is 1. The number of hydrogen-bond acceptors (Lipinski definition) is 5. The van der Waals surface area contributed by atoms with Crippen LogP contribution >= 0.6 is 0 Å². The lowest BCUT2D eigenvalue weighted by Gasteiger charge is -2.11. The van der Waals surface area contributed by atoms with E-state index in [0.29, 0.717) is 0 Å². The van der Waals surface area contributed by atoms with E-state index in [4.69, 9.17) is 5.11 Å². The summed E-state index contributed by atoms with van der Waals surface area (Å²) in [5.74, 6) is 1.74. The second-order valence-corrected chi connectivity index (χ2v) is 3.58. The van der Waals surface area contributed by atoms with E-state index in [9.17, 15) is 0 Å². The highest BCUT2D eigenvalue weighted by molar-refractivity contribution is 5.56. The zero-order valence-electron chi connectivity index (χ0n) is 9.95. The van der Waals surface area contributed by atoms with Crippen molar-refractivity contribution in [2.24, 2.45) is 0 Å². The summed E-state index contributed by atoms with van der Waals surface area (Å²) < 4.78 is 0. The number of aromatic nitrogens is 2. The van der Waals surface area contributed by atoms with Crippen molar-refractivity contribution in [2.45, 2.75) is 26.7 Å². The van der Waals surface area contributed by atoms with E-state index < -0.39 is 0 Å². The maximum Gasteiger partial charge on any atom is 0.134 e. The van der Waals surface area contributed by atoms with Crippen molar-refractivity contribution in [3.05, 3.63) is 11.9 Å². The molecule has 16 heavy (non-hydrogen) atoms. The average Bonchev–Trinajstić information content (AvgIpc) is 2.29. The minimum absolute atomic E-state index is 0.243. The number of aliphatic hydroxyl groups excluding tert-OH is 1. The molecule has 0 aliphatic carbocycles. The van der Waals surface area contributed by atoms with Gasteiger partial charge >= 0.3 is 0 Å². The standard InChI is InChI=1S/C11H20N4O/c1-3-12-10-9(2)11(15-8-14-10)13-6-4-5-7-16/h8,16H,3-7H2,1-2H3,(H2,12,13,14,15). The van der Waals surface area contributed by atoms with E-state index in [1.165, 1.54) is 0 Å². The van der Waals surface area contributed by atoms with Crippen LogP contribution < -0.4 is 10.6 Å². The summed E-state index contributed by atoms with van der Waals surface area (Å²) in [4.78, 5) is 8.36. The predicted octanol–water partition coefficient (Wildman–Crippen LogP) is 1.40. The molecule has 0 aromatic carbocycles. The largest absolute Gasteiger partial charge is 0.396 e. The third kappa shape index (κ3) is 3.66. The van der Waals surface area contributed by atoms with Crippen LogP contribution in [0, 0.1) is 6.92 Å². The Kier molecular flexibility index (Phi) is 5.56. The van der Waals surface area contributed by atoms with Crippen molar-refractivity contribution in [1.29, 1.82) is 0 Å². The SMILES string of the molecule is CCNc1ncnc(NCCCCO)c1C. The average molecular weight is 224 g/mol. The molecule has 1 aromatic heterocycles. The summed E-state index contributed by atoms with van der Waals surface area (Å²) in [6.07, 6.45) is 3.31. The number of hydrogen-bond donors (Lipinski definition) is 3. The topological polar surface area (TPSA) is 70.1 Å². The van der Waals surface area contributed by atoms with E-state index in [-0.39, 0.29) is 6.61 Å². The minimum Gasteiger partial charge on any atom is -0.396 e. The quantitative estimate of drug-likeness (QED) is 0.611. The summed E-state index contributed by atoms with van der Waals surface area (Å²) in [6, 6.07) is 0. The molecule has 1 rings (SSSR count). The van der Waals surface area contributed by atoms with Gasteiger partial charge in [-0.2, -0.15) is 0 Å². The highest BCUT2D eigenvalue weighted by atomic mass is 16.2.